The molecule has 5 heteroatoms. The Balaban J connectivity index is 2.26. The number of benzene rings is 1. The van der Waals surface area contributed by atoms with Crippen LogP contribution in [0, 0.1) is 5.92 Å². The smallest absolute Gasteiger partial charge is 0.153 e. The van der Waals surface area contributed by atoms with E-state index in [9.17, 15) is 8.42 Å². The van der Waals surface area contributed by atoms with Gasteiger partial charge in [-0.25, -0.2) is 8.42 Å². The van der Waals surface area contributed by atoms with Crippen LogP contribution in [-0.4, -0.2) is 26.0 Å². The molecule has 1 aromatic carbocycles. The topological polar surface area (TPSA) is 60.2 Å². The molecule has 1 fully saturated rings. The number of nitrogens with two attached hydrogens (primary N) is 1. The van der Waals surface area contributed by atoms with Crippen molar-refractivity contribution in [1.82, 2.24) is 0 Å². The SMILES string of the molecule is CCS(=O)(=O)[C@@H]1[C@H](CN)[C@H]1c1ccc(Cl)cc1. The Morgan fingerprint density at radius 1 is 1.29 bits per heavy atom. The predicted molar refractivity (Wildman–Crippen MR) is 70.0 cm³/mol. The Hall–Kier alpha value is -0.580. The largest absolute Gasteiger partial charge is 0.330 e. The van der Waals surface area contributed by atoms with Crippen LogP contribution < -0.4 is 5.73 Å². The lowest BCUT2D eigenvalue weighted by molar-refractivity contribution is 0.593. The molecule has 0 heterocycles. The summed E-state index contributed by atoms with van der Waals surface area (Å²) in [5.74, 6) is 0.279. The monoisotopic (exact) mass is 273 g/mol. The summed E-state index contributed by atoms with van der Waals surface area (Å²) in [4.78, 5) is 0. The van der Waals surface area contributed by atoms with Crippen LogP contribution in [-0.2, 0) is 9.84 Å². The molecule has 0 amide bonds. The van der Waals surface area contributed by atoms with Gasteiger partial charge in [-0.2, -0.15) is 0 Å². The van der Waals surface area contributed by atoms with Crippen molar-refractivity contribution in [2.45, 2.75) is 18.1 Å². The number of halogens is 1. The molecule has 3 atom stereocenters. The average Bonchev–Trinajstić information content (AvgIpc) is 3.05. The van der Waals surface area contributed by atoms with Crippen LogP contribution in [0.1, 0.15) is 18.4 Å². The number of hydrogen-bond acceptors (Lipinski definition) is 3. The molecule has 0 unspecified atom stereocenters. The number of sulfone groups is 1. The summed E-state index contributed by atoms with van der Waals surface area (Å²) in [7, 11) is -3.01. The fourth-order valence-electron chi connectivity index (χ4n) is 2.43. The molecule has 1 aliphatic rings. The van der Waals surface area contributed by atoms with Gasteiger partial charge in [-0.05, 0) is 30.2 Å². The standard InChI is InChI=1S/C12H16ClNO2S/c1-2-17(15,16)12-10(7-14)11(12)8-3-5-9(13)6-4-8/h3-6,10-12H,2,7,14H2,1H3/t10-,11-,12-/m1/s1. The van der Waals surface area contributed by atoms with E-state index in [0.717, 1.165) is 5.56 Å². The van der Waals surface area contributed by atoms with Crippen molar-refractivity contribution in [2.75, 3.05) is 12.3 Å². The van der Waals surface area contributed by atoms with Gasteiger partial charge in [0.15, 0.2) is 9.84 Å². The zero-order valence-corrected chi connectivity index (χ0v) is 11.2. The molecule has 1 saturated carbocycles. The van der Waals surface area contributed by atoms with Crippen molar-refractivity contribution < 1.29 is 8.42 Å². The normalized spacial score (nSPS) is 28.1. The van der Waals surface area contributed by atoms with Crippen LogP contribution in [0.2, 0.25) is 5.02 Å². The first-order valence-corrected chi connectivity index (χ1v) is 7.77. The Kier molecular flexibility index (Phi) is 3.48. The van der Waals surface area contributed by atoms with E-state index in [4.69, 9.17) is 17.3 Å². The van der Waals surface area contributed by atoms with Gasteiger partial charge >= 0.3 is 0 Å². The molecule has 1 aliphatic carbocycles. The molecule has 2 rings (SSSR count). The Morgan fingerprint density at radius 2 is 1.88 bits per heavy atom. The van der Waals surface area contributed by atoms with E-state index in [2.05, 4.69) is 0 Å². The first-order chi connectivity index (χ1) is 8.01. The molecule has 3 nitrogen and oxygen atoms in total. The van der Waals surface area contributed by atoms with Gasteiger partial charge in [0.05, 0.1) is 5.25 Å². The minimum atomic E-state index is -3.01. The number of rotatable bonds is 4. The van der Waals surface area contributed by atoms with E-state index in [-0.39, 0.29) is 22.8 Å². The highest BCUT2D eigenvalue weighted by atomic mass is 35.5. The molecular formula is C12H16ClNO2S. The molecule has 1 aromatic rings. The average molecular weight is 274 g/mol. The highest BCUT2D eigenvalue weighted by Crippen LogP contribution is 2.51. The highest BCUT2D eigenvalue weighted by molar-refractivity contribution is 7.92. The van der Waals surface area contributed by atoms with Gasteiger partial charge in [-0.15, -0.1) is 0 Å². The van der Waals surface area contributed by atoms with E-state index < -0.39 is 9.84 Å². The second kappa shape index (κ2) is 4.59. The first-order valence-electron chi connectivity index (χ1n) is 5.68. The lowest BCUT2D eigenvalue weighted by atomic mass is 10.1. The second-order valence-electron chi connectivity index (χ2n) is 4.39. The lowest BCUT2D eigenvalue weighted by Gasteiger charge is -2.00. The van der Waals surface area contributed by atoms with Gasteiger partial charge in [0.1, 0.15) is 0 Å². The zero-order chi connectivity index (χ0) is 12.6. The molecule has 94 valence electrons. The zero-order valence-electron chi connectivity index (χ0n) is 9.64. The van der Waals surface area contributed by atoms with E-state index >= 15 is 0 Å². The quantitative estimate of drug-likeness (QED) is 0.910. The molecule has 0 aromatic heterocycles. The maximum Gasteiger partial charge on any atom is 0.153 e. The molecule has 0 radical (unpaired) electrons. The van der Waals surface area contributed by atoms with Crippen LogP contribution in [0.25, 0.3) is 0 Å². The van der Waals surface area contributed by atoms with Crippen LogP contribution in [0.3, 0.4) is 0 Å². The van der Waals surface area contributed by atoms with E-state index in [0.29, 0.717) is 11.6 Å². The second-order valence-corrected chi connectivity index (χ2v) is 7.28. The Labute approximate surface area is 107 Å². The van der Waals surface area contributed by atoms with Gasteiger partial charge in [-0.1, -0.05) is 30.7 Å². The molecule has 0 saturated heterocycles. The summed E-state index contributed by atoms with van der Waals surface area (Å²) in [6.45, 7) is 2.09. The van der Waals surface area contributed by atoms with Crippen molar-refractivity contribution >= 4 is 21.4 Å². The minimum Gasteiger partial charge on any atom is -0.330 e. The third-order valence-electron chi connectivity index (χ3n) is 3.44. The van der Waals surface area contributed by atoms with Gasteiger partial charge < -0.3 is 5.73 Å². The molecule has 0 aliphatic heterocycles. The summed E-state index contributed by atoms with van der Waals surface area (Å²) < 4.78 is 23.8. The van der Waals surface area contributed by atoms with Crippen LogP contribution in [0.4, 0.5) is 0 Å². The van der Waals surface area contributed by atoms with Gasteiger partial charge in [0.25, 0.3) is 0 Å². The molecule has 0 bridgehead atoms. The van der Waals surface area contributed by atoms with Gasteiger partial charge in [0, 0.05) is 16.7 Å². The third-order valence-corrected chi connectivity index (χ3v) is 5.97. The van der Waals surface area contributed by atoms with Gasteiger partial charge in [-0.3, -0.25) is 0 Å². The maximum atomic E-state index is 11.9. The van der Waals surface area contributed by atoms with Crippen molar-refractivity contribution in [3.8, 4) is 0 Å². The van der Waals surface area contributed by atoms with Crippen LogP contribution in [0.5, 0.6) is 0 Å². The Bertz CT molecular complexity index is 498. The van der Waals surface area contributed by atoms with E-state index in [1.165, 1.54) is 0 Å². The molecule has 2 N–H and O–H groups in total. The Morgan fingerprint density at radius 3 is 2.35 bits per heavy atom. The van der Waals surface area contributed by atoms with Gasteiger partial charge in [0.2, 0.25) is 0 Å². The van der Waals surface area contributed by atoms with Crippen molar-refractivity contribution in [1.29, 1.82) is 0 Å². The summed E-state index contributed by atoms with van der Waals surface area (Å²) in [6, 6.07) is 7.36. The summed E-state index contributed by atoms with van der Waals surface area (Å²) in [6.07, 6.45) is 0. The summed E-state index contributed by atoms with van der Waals surface area (Å²) in [5, 5.41) is 0.354. The maximum absolute atomic E-state index is 11.9. The van der Waals surface area contributed by atoms with E-state index in [1.807, 2.05) is 12.1 Å². The predicted octanol–water partition coefficient (Wildman–Crippen LogP) is 1.82. The summed E-state index contributed by atoms with van der Waals surface area (Å²) >= 11 is 5.82. The first kappa shape index (κ1) is 12.9. The summed E-state index contributed by atoms with van der Waals surface area (Å²) in [5.41, 5.74) is 6.66. The fourth-order valence-corrected chi connectivity index (χ4v) is 4.47. The van der Waals surface area contributed by atoms with Crippen molar-refractivity contribution in [3.05, 3.63) is 34.9 Å². The van der Waals surface area contributed by atoms with Crippen LogP contribution in [0.15, 0.2) is 24.3 Å². The van der Waals surface area contributed by atoms with Crippen molar-refractivity contribution in [3.63, 3.8) is 0 Å². The fraction of sp³-hybridized carbons (Fsp3) is 0.500. The molecule has 0 spiro atoms. The minimum absolute atomic E-state index is 0.0437. The number of hydrogen-bond donors (Lipinski definition) is 1. The van der Waals surface area contributed by atoms with Crippen molar-refractivity contribution in [2.24, 2.45) is 11.7 Å². The van der Waals surface area contributed by atoms with Crippen LogP contribution >= 0.6 is 11.6 Å². The lowest BCUT2D eigenvalue weighted by Crippen LogP contribution is -2.15. The highest BCUT2D eigenvalue weighted by Gasteiger charge is 2.56. The molecule has 17 heavy (non-hydrogen) atoms. The molecular weight excluding hydrogens is 258 g/mol. The van der Waals surface area contributed by atoms with E-state index in [1.54, 1.807) is 19.1 Å². The third kappa shape index (κ3) is 2.34.